The highest BCUT2D eigenvalue weighted by Crippen LogP contribution is 2.06. The first-order valence-corrected chi connectivity index (χ1v) is 4.35. The van der Waals surface area contributed by atoms with Gasteiger partial charge in [0.15, 0.2) is 0 Å². The first-order valence-electron chi connectivity index (χ1n) is 4.35. The summed E-state index contributed by atoms with van der Waals surface area (Å²) in [4.78, 5) is 15.1. The zero-order valence-electron chi connectivity index (χ0n) is 8.06. The van der Waals surface area contributed by atoms with Gasteiger partial charge in [-0.2, -0.15) is 10.7 Å². The number of carbonyl (C=O) groups is 1. The molecule has 0 heterocycles. The van der Waals surface area contributed by atoms with Crippen molar-refractivity contribution in [3.63, 3.8) is 0 Å². The number of primary amides is 1. The monoisotopic (exact) mass is 205 g/mol. The summed E-state index contributed by atoms with van der Waals surface area (Å²) >= 11 is 0. The molecular weight excluding hydrogens is 194 g/mol. The maximum Gasteiger partial charge on any atom is 0.245 e. The van der Waals surface area contributed by atoms with Crippen LogP contribution in [0.1, 0.15) is 11.1 Å². The minimum absolute atomic E-state index is 0.186. The van der Waals surface area contributed by atoms with Gasteiger partial charge in [0, 0.05) is 6.54 Å². The Morgan fingerprint density at radius 2 is 2.27 bits per heavy atom. The molecule has 0 aliphatic carbocycles. The highest BCUT2D eigenvalue weighted by atomic mass is 16.6. The summed E-state index contributed by atoms with van der Waals surface area (Å²) in [5.74, 6) is -0.545. The highest BCUT2D eigenvalue weighted by molar-refractivity contribution is 5.74. The summed E-state index contributed by atoms with van der Waals surface area (Å²) in [6, 6.07) is 9.19. The second kappa shape index (κ2) is 5.75. The van der Waals surface area contributed by atoms with Gasteiger partial charge in [0.05, 0.1) is 11.6 Å². The lowest BCUT2D eigenvalue weighted by molar-refractivity contribution is -0.125. The Morgan fingerprint density at radius 1 is 1.53 bits per heavy atom. The van der Waals surface area contributed by atoms with Gasteiger partial charge in [-0.25, -0.2) is 0 Å². The molecule has 0 spiro atoms. The van der Waals surface area contributed by atoms with Crippen LogP contribution in [0.15, 0.2) is 24.3 Å². The second-order valence-corrected chi connectivity index (χ2v) is 2.85. The van der Waals surface area contributed by atoms with Crippen LogP contribution >= 0.6 is 0 Å². The predicted molar refractivity (Wildman–Crippen MR) is 53.1 cm³/mol. The molecule has 0 aromatic heterocycles. The molecule has 1 aromatic rings. The van der Waals surface area contributed by atoms with Gasteiger partial charge >= 0.3 is 0 Å². The van der Waals surface area contributed by atoms with Gasteiger partial charge in [0.1, 0.15) is 6.61 Å². The van der Waals surface area contributed by atoms with E-state index in [-0.39, 0.29) is 6.61 Å². The van der Waals surface area contributed by atoms with Crippen LogP contribution in [-0.4, -0.2) is 12.5 Å². The Kier molecular flexibility index (Phi) is 4.29. The smallest absolute Gasteiger partial charge is 0.245 e. The standard InChI is InChI=1S/C10H11N3O2/c11-5-8-3-1-2-4-9(8)6-13-15-7-10(12)14/h1-4,13H,6-7H2,(H2,12,14). The lowest BCUT2D eigenvalue weighted by Crippen LogP contribution is -2.24. The summed E-state index contributed by atoms with van der Waals surface area (Å²) < 4.78 is 0. The first kappa shape index (κ1) is 11.2. The molecule has 0 radical (unpaired) electrons. The molecule has 0 bridgehead atoms. The topological polar surface area (TPSA) is 88.1 Å². The van der Waals surface area contributed by atoms with Crippen LogP contribution in [0.3, 0.4) is 0 Å². The largest absolute Gasteiger partial charge is 0.368 e. The molecule has 3 N–H and O–H groups in total. The molecule has 0 atom stereocenters. The van der Waals surface area contributed by atoms with Gasteiger partial charge in [-0.1, -0.05) is 18.2 Å². The Balaban J connectivity index is 2.44. The average molecular weight is 205 g/mol. The predicted octanol–water partition coefficient (Wildman–Crippen LogP) is 0.0648. The average Bonchev–Trinajstić information content (AvgIpc) is 2.24. The highest BCUT2D eigenvalue weighted by Gasteiger charge is 2.00. The van der Waals surface area contributed by atoms with Gasteiger partial charge in [0.25, 0.3) is 0 Å². The number of rotatable bonds is 5. The van der Waals surface area contributed by atoms with Crippen LogP contribution in [0, 0.1) is 11.3 Å². The SMILES string of the molecule is N#Cc1ccccc1CNOCC(N)=O. The fourth-order valence-corrected chi connectivity index (χ4v) is 1.03. The number of nitrogens with zero attached hydrogens (tertiary/aromatic N) is 1. The number of nitrogens with two attached hydrogens (primary N) is 1. The molecule has 15 heavy (non-hydrogen) atoms. The fourth-order valence-electron chi connectivity index (χ4n) is 1.03. The molecule has 1 aromatic carbocycles. The molecule has 1 rings (SSSR count). The van der Waals surface area contributed by atoms with E-state index in [4.69, 9.17) is 15.8 Å². The number of carbonyl (C=O) groups excluding carboxylic acids is 1. The molecule has 0 aliphatic heterocycles. The molecule has 0 unspecified atom stereocenters. The lowest BCUT2D eigenvalue weighted by Gasteiger charge is -2.05. The molecule has 5 nitrogen and oxygen atoms in total. The Morgan fingerprint density at radius 3 is 2.93 bits per heavy atom. The third-order valence-electron chi connectivity index (χ3n) is 1.72. The molecule has 0 saturated carbocycles. The Labute approximate surface area is 87.4 Å². The quantitative estimate of drug-likeness (QED) is 0.525. The van der Waals surface area contributed by atoms with Gasteiger partial charge in [-0.15, -0.1) is 0 Å². The van der Waals surface area contributed by atoms with Crippen molar-refractivity contribution in [2.45, 2.75) is 6.54 Å². The van der Waals surface area contributed by atoms with Gasteiger partial charge in [0.2, 0.25) is 5.91 Å². The van der Waals surface area contributed by atoms with Gasteiger partial charge in [-0.3, -0.25) is 9.63 Å². The van der Waals surface area contributed by atoms with E-state index in [9.17, 15) is 4.79 Å². The third kappa shape index (κ3) is 3.77. The van der Waals surface area contributed by atoms with E-state index in [0.717, 1.165) is 5.56 Å². The van der Waals surface area contributed by atoms with Crippen molar-refractivity contribution in [2.75, 3.05) is 6.61 Å². The van der Waals surface area contributed by atoms with Crippen molar-refractivity contribution < 1.29 is 9.63 Å². The molecule has 0 aliphatic rings. The van der Waals surface area contributed by atoms with Crippen LogP contribution < -0.4 is 11.2 Å². The van der Waals surface area contributed by atoms with Gasteiger partial charge < -0.3 is 5.73 Å². The minimum Gasteiger partial charge on any atom is -0.368 e. The number of benzene rings is 1. The molecule has 1 amide bonds. The Hall–Kier alpha value is -1.90. The zero-order chi connectivity index (χ0) is 11.1. The van der Waals surface area contributed by atoms with Crippen LogP contribution in [0.25, 0.3) is 0 Å². The van der Waals surface area contributed by atoms with Crippen molar-refractivity contribution in [1.82, 2.24) is 5.48 Å². The van der Waals surface area contributed by atoms with Crippen LogP contribution in [-0.2, 0) is 16.2 Å². The maximum atomic E-state index is 10.3. The lowest BCUT2D eigenvalue weighted by atomic mass is 10.1. The second-order valence-electron chi connectivity index (χ2n) is 2.85. The molecule has 5 heteroatoms. The summed E-state index contributed by atoms with van der Waals surface area (Å²) in [5.41, 5.74) is 8.81. The van der Waals surface area contributed by atoms with Crippen molar-refractivity contribution in [3.8, 4) is 6.07 Å². The maximum absolute atomic E-state index is 10.3. The van der Waals surface area contributed by atoms with Crippen LogP contribution in [0.4, 0.5) is 0 Å². The van der Waals surface area contributed by atoms with E-state index >= 15 is 0 Å². The molecule has 0 fully saturated rings. The number of nitriles is 1. The number of nitrogens with one attached hydrogen (secondary N) is 1. The zero-order valence-corrected chi connectivity index (χ0v) is 8.06. The van der Waals surface area contributed by atoms with Crippen LogP contribution in [0.2, 0.25) is 0 Å². The van der Waals surface area contributed by atoms with E-state index in [0.29, 0.717) is 12.1 Å². The normalized spacial score (nSPS) is 9.53. The number of hydrogen-bond acceptors (Lipinski definition) is 4. The van der Waals surface area contributed by atoms with Crippen molar-refractivity contribution in [1.29, 1.82) is 5.26 Å². The minimum atomic E-state index is -0.545. The molecule has 0 saturated heterocycles. The van der Waals surface area contributed by atoms with E-state index in [1.54, 1.807) is 18.2 Å². The van der Waals surface area contributed by atoms with E-state index in [1.165, 1.54) is 0 Å². The molecule has 78 valence electrons. The van der Waals surface area contributed by atoms with E-state index in [2.05, 4.69) is 11.5 Å². The van der Waals surface area contributed by atoms with Crippen LogP contribution in [0.5, 0.6) is 0 Å². The molecular formula is C10H11N3O2. The van der Waals surface area contributed by atoms with E-state index in [1.807, 2.05) is 6.07 Å². The fraction of sp³-hybridized carbons (Fsp3) is 0.200. The third-order valence-corrected chi connectivity index (χ3v) is 1.72. The number of hydroxylamine groups is 1. The number of amides is 1. The summed E-state index contributed by atoms with van der Waals surface area (Å²) in [7, 11) is 0. The number of hydrogen-bond donors (Lipinski definition) is 2. The van der Waals surface area contributed by atoms with Crippen molar-refractivity contribution >= 4 is 5.91 Å². The summed E-state index contributed by atoms with van der Waals surface area (Å²) in [6.45, 7) is 0.172. The first-order chi connectivity index (χ1) is 7.24. The van der Waals surface area contributed by atoms with E-state index < -0.39 is 5.91 Å². The van der Waals surface area contributed by atoms with Crippen molar-refractivity contribution in [3.05, 3.63) is 35.4 Å². The summed E-state index contributed by atoms with van der Waals surface area (Å²) in [6.07, 6.45) is 0. The van der Waals surface area contributed by atoms with Gasteiger partial charge in [-0.05, 0) is 11.6 Å². The summed E-state index contributed by atoms with van der Waals surface area (Å²) in [5, 5.41) is 8.77. The Bertz CT molecular complexity index is 384. The van der Waals surface area contributed by atoms with Crippen molar-refractivity contribution in [2.24, 2.45) is 5.73 Å².